The molecule has 2 aromatic heterocycles. The molecule has 0 spiro atoms. The number of hydrogen-bond acceptors (Lipinski definition) is 3. The first-order valence-electron chi connectivity index (χ1n) is 3.82. The van der Waals surface area contributed by atoms with E-state index in [4.69, 9.17) is 4.52 Å². The van der Waals surface area contributed by atoms with Crippen LogP contribution in [0.5, 0.6) is 0 Å². The molecule has 0 bridgehead atoms. The summed E-state index contributed by atoms with van der Waals surface area (Å²) in [4.78, 5) is 7.13. The van der Waals surface area contributed by atoms with Gasteiger partial charge >= 0.3 is 0 Å². The highest BCUT2D eigenvalue weighted by Gasteiger charge is 1.98. The van der Waals surface area contributed by atoms with Gasteiger partial charge in [-0.15, -0.1) is 0 Å². The summed E-state index contributed by atoms with van der Waals surface area (Å²) in [5.74, 6) is 0.984. The van der Waals surface area contributed by atoms with Gasteiger partial charge in [-0.3, -0.25) is 0 Å². The average Bonchev–Trinajstić information content (AvgIpc) is 2.74. The van der Waals surface area contributed by atoms with Crippen molar-refractivity contribution < 1.29 is 4.52 Å². The van der Waals surface area contributed by atoms with Gasteiger partial charge in [0.25, 0.3) is 0 Å². The minimum Gasteiger partial charge on any atom is -0.365 e. The van der Waals surface area contributed by atoms with Crippen molar-refractivity contribution in [1.29, 1.82) is 0 Å². The summed E-state index contributed by atoms with van der Waals surface area (Å²) < 4.78 is 4.70. The summed E-state index contributed by atoms with van der Waals surface area (Å²) in [6.45, 7) is 0. The number of nitrogens with one attached hydrogen (secondary N) is 1. The fourth-order valence-electron chi connectivity index (χ4n) is 1.05. The van der Waals surface area contributed by atoms with Crippen molar-refractivity contribution in [2.45, 2.75) is 12.8 Å². The fraction of sp³-hybridized carbons (Fsp3) is 0.250. The Hall–Kier alpha value is -1.58. The van der Waals surface area contributed by atoms with Crippen LogP contribution in [-0.4, -0.2) is 15.1 Å². The van der Waals surface area contributed by atoms with E-state index >= 15 is 0 Å². The quantitative estimate of drug-likeness (QED) is 0.739. The van der Waals surface area contributed by atoms with E-state index in [9.17, 15) is 0 Å². The highest BCUT2D eigenvalue weighted by Crippen LogP contribution is 2.00. The molecule has 62 valence electrons. The van der Waals surface area contributed by atoms with Gasteiger partial charge in [-0.2, -0.15) is 0 Å². The summed E-state index contributed by atoms with van der Waals surface area (Å²) in [6.07, 6.45) is 6.89. The van der Waals surface area contributed by atoms with Gasteiger partial charge in [0.15, 0.2) is 0 Å². The Morgan fingerprint density at radius 1 is 1.42 bits per heavy atom. The SMILES string of the molecule is c1c[nH]c(CCc2ccon2)n1. The van der Waals surface area contributed by atoms with Crippen LogP contribution in [0.2, 0.25) is 0 Å². The Kier molecular flexibility index (Phi) is 1.90. The molecule has 0 fully saturated rings. The zero-order valence-corrected chi connectivity index (χ0v) is 6.53. The highest BCUT2D eigenvalue weighted by molar-refractivity contribution is 4.99. The maximum atomic E-state index is 4.70. The molecular formula is C8H9N3O. The Balaban J connectivity index is 1.91. The Bertz CT molecular complexity index is 278. The van der Waals surface area contributed by atoms with Crippen molar-refractivity contribution in [3.8, 4) is 0 Å². The molecule has 0 saturated heterocycles. The third-order valence-corrected chi connectivity index (χ3v) is 1.66. The third kappa shape index (κ3) is 1.53. The summed E-state index contributed by atoms with van der Waals surface area (Å²) >= 11 is 0. The van der Waals surface area contributed by atoms with Gasteiger partial charge in [-0.05, 0) is 0 Å². The van der Waals surface area contributed by atoms with Crippen LogP contribution >= 0.6 is 0 Å². The van der Waals surface area contributed by atoms with Crippen molar-refractivity contribution in [2.24, 2.45) is 0 Å². The average molecular weight is 163 g/mol. The highest BCUT2D eigenvalue weighted by atomic mass is 16.5. The van der Waals surface area contributed by atoms with Crippen LogP contribution in [0.25, 0.3) is 0 Å². The Morgan fingerprint density at radius 2 is 2.42 bits per heavy atom. The maximum Gasteiger partial charge on any atom is 0.124 e. The number of H-pyrrole nitrogens is 1. The third-order valence-electron chi connectivity index (χ3n) is 1.66. The molecule has 0 aromatic carbocycles. The van der Waals surface area contributed by atoms with Crippen LogP contribution in [0.4, 0.5) is 0 Å². The van der Waals surface area contributed by atoms with Crippen molar-refractivity contribution in [3.63, 3.8) is 0 Å². The molecule has 0 aliphatic carbocycles. The number of aromatic nitrogens is 3. The van der Waals surface area contributed by atoms with Crippen LogP contribution in [0.1, 0.15) is 11.5 Å². The van der Waals surface area contributed by atoms with E-state index in [1.165, 1.54) is 0 Å². The lowest BCUT2D eigenvalue weighted by atomic mass is 10.2. The number of nitrogens with zero attached hydrogens (tertiary/aromatic N) is 2. The monoisotopic (exact) mass is 163 g/mol. The van der Waals surface area contributed by atoms with Crippen molar-refractivity contribution >= 4 is 0 Å². The second-order valence-corrected chi connectivity index (χ2v) is 2.53. The van der Waals surface area contributed by atoms with Crippen LogP contribution in [0.3, 0.4) is 0 Å². The largest absolute Gasteiger partial charge is 0.365 e. The predicted molar refractivity (Wildman–Crippen MR) is 42.5 cm³/mol. The molecule has 0 aliphatic heterocycles. The molecule has 4 heteroatoms. The van der Waals surface area contributed by atoms with Gasteiger partial charge in [0.2, 0.25) is 0 Å². The minimum atomic E-state index is 0.865. The van der Waals surface area contributed by atoms with E-state index in [-0.39, 0.29) is 0 Å². The number of aryl methyl sites for hydroxylation is 2. The van der Waals surface area contributed by atoms with E-state index in [0.717, 1.165) is 24.4 Å². The lowest BCUT2D eigenvalue weighted by molar-refractivity contribution is 0.411. The zero-order chi connectivity index (χ0) is 8.23. The molecule has 0 radical (unpaired) electrons. The Labute approximate surface area is 69.6 Å². The molecule has 4 nitrogen and oxygen atoms in total. The van der Waals surface area contributed by atoms with Gasteiger partial charge in [0.05, 0.1) is 5.69 Å². The standard InChI is InChI=1S/C8H9N3O/c1(7-3-6-12-11-7)2-8-9-4-5-10-8/h3-6H,1-2H2,(H,9,10). The van der Waals surface area contributed by atoms with Crippen molar-refractivity contribution in [1.82, 2.24) is 15.1 Å². The molecule has 0 amide bonds. The molecular weight excluding hydrogens is 154 g/mol. The van der Waals surface area contributed by atoms with Crippen LogP contribution in [0, 0.1) is 0 Å². The molecule has 0 saturated carbocycles. The fourth-order valence-corrected chi connectivity index (χ4v) is 1.05. The number of rotatable bonds is 3. The van der Waals surface area contributed by atoms with E-state index in [1.807, 2.05) is 12.3 Å². The predicted octanol–water partition coefficient (Wildman–Crippen LogP) is 1.18. The second-order valence-electron chi connectivity index (χ2n) is 2.53. The molecule has 0 unspecified atom stereocenters. The number of hydrogen-bond donors (Lipinski definition) is 1. The second kappa shape index (κ2) is 3.21. The molecule has 2 aromatic rings. The van der Waals surface area contributed by atoms with E-state index in [2.05, 4.69) is 15.1 Å². The summed E-state index contributed by atoms with van der Waals surface area (Å²) in [7, 11) is 0. The van der Waals surface area contributed by atoms with Gasteiger partial charge < -0.3 is 9.51 Å². The molecule has 0 aliphatic rings. The topological polar surface area (TPSA) is 54.7 Å². The van der Waals surface area contributed by atoms with Gasteiger partial charge in [-0.1, -0.05) is 5.16 Å². The minimum absolute atomic E-state index is 0.865. The number of aromatic amines is 1. The summed E-state index contributed by atoms with van der Waals surface area (Å²) in [5, 5.41) is 3.80. The molecule has 12 heavy (non-hydrogen) atoms. The lowest BCUT2D eigenvalue weighted by Gasteiger charge is -1.91. The zero-order valence-electron chi connectivity index (χ0n) is 6.53. The van der Waals surface area contributed by atoms with Crippen molar-refractivity contribution in [2.75, 3.05) is 0 Å². The lowest BCUT2D eigenvalue weighted by Crippen LogP contribution is -1.92. The van der Waals surface area contributed by atoms with Gasteiger partial charge in [0.1, 0.15) is 12.1 Å². The first kappa shape index (κ1) is 7.09. The normalized spacial score (nSPS) is 10.3. The number of imidazole rings is 1. The summed E-state index contributed by atoms with van der Waals surface area (Å²) in [5.41, 5.74) is 0.964. The first-order valence-corrected chi connectivity index (χ1v) is 3.82. The van der Waals surface area contributed by atoms with Gasteiger partial charge in [0, 0.05) is 31.3 Å². The molecule has 2 rings (SSSR count). The first-order chi connectivity index (χ1) is 5.95. The Morgan fingerprint density at radius 3 is 3.08 bits per heavy atom. The van der Waals surface area contributed by atoms with E-state index in [1.54, 1.807) is 12.5 Å². The van der Waals surface area contributed by atoms with Crippen LogP contribution in [0.15, 0.2) is 29.2 Å². The van der Waals surface area contributed by atoms with E-state index < -0.39 is 0 Å². The van der Waals surface area contributed by atoms with E-state index in [0.29, 0.717) is 0 Å². The maximum absolute atomic E-state index is 4.70. The molecule has 2 heterocycles. The summed E-state index contributed by atoms with van der Waals surface area (Å²) in [6, 6.07) is 1.86. The van der Waals surface area contributed by atoms with Crippen LogP contribution in [-0.2, 0) is 12.8 Å². The molecule has 1 N–H and O–H groups in total. The smallest absolute Gasteiger partial charge is 0.124 e. The van der Waals surface area contributed by atoms with Crippen molar-refractivity contribution in [3.05, 3.63) is 36.2 Å². The van der Waals surface area contributed by atoms with Gasteiger partial charge in [-0.25, -0.2) is 4.98 Å². The molecule has 0 atom stereocenters. The van der Waals surface area contributed by atoms with Crippen LogP contribution < -0.4 is 0 Å².